The van der Waals surface area contributed by atoms with Crippen LogP contribution in [0, 0.1) is 6.92 Å². The molecule has 0 aliphatic heterocycles. The molecule has 0 bridgehead atoms. The highest BCUT2D eigenvalue weighted by Crippen LogP contribution is 2.16. The van der Waals surface area contributed by atoms with Crippen LogP contribution < -0.4 is 5.32 Å². The molecule has 8 heteroatoms. The summed E-state index contributed by atoms with van der Waals surface area (Å²) >= 11 is 1.51. The van der Waals surface area contributed by atoms with Crippen molar-refractivity contribution in [3.63, 3.8) is 0 Å². The normalized spacial score (nSPS) is 10.5. The lowest BCUT2D eigenvalue weighted by molar-refractivity contribution is -0.140. The largest absolute Gasteiger partial charge is 0.469 e. The van der Waals surface area contributed by atoms with Crippen molar-refractivity contribution in [1.29, 1.82) is 0 Å². The highest BCUT2D eigenvalue weighted by molar-refractivity contribution is 7.13. The van der Waals surface area contributed by atoms with Gasteiger partial charge in [-0.3, -0.25) is 4.79 Å². The summed E-state index contributed by atoms with van der Waals surface area (Å²) in [6.07, 6.45) is 1.62. The second kappa shape index (κ2) is 6.99. The van der Waals surface area contributed by atoms with Gasteiger partial charge in [0.05, 0.1) is 19.2 Å². The van der Waals surface area contributed by atoms with Crippen LogP contribution in [0.2, 0.25) is 0 Å². The molecule has 0 spiro atoms. The number of nitrogens with zero attached hydrogens (tertiary/aromatic N) is 3. The molecule has 0 aliphatic carbocycles. The predicted octanol–water partition coefficient (Wildman–Crippen LogP) is 1.59. The van der Waals surface area contributed by atoms with Gasteiger partial charge in [-0.15, -0.1) is 11.3 Å². The topological polar surface area (TPSA) is 90.1 Å². The summed E-state index contributed by atoms with van der Waals surface area (Å²) in [5.41, 5.74) is 0.887. The van der Waals surface area contributed by atoms with Gasteiger partial charge in [0.2, 0.25) is 5.89 Å². The molecular formula is C12H16N4O3S. The molecule has 7 nitrogen and oxygen atoms in total. The van der Waals surface area contributed by atoms with Crippen LogP contribution in [-0.2, 0) is 22.4 Å². The van der Waals surface area contributed by atoms with Crippen molar-refractivity contribution < 1.29 is 14.1 Å². The van der Waals surface area contributed by atoms with E-state index in [9.17, 15) is 4.79 Å². The number of aryl methyl sites for hydroxylation is 2. The van der Waals surface area contributed by atoms with E-state index in [0.29, 0.717) is 37.5 Å². The summed E-state index contributed by atoms with van der Waals surface area (Å²) < 4.78 is 9.48. The molecule has 0 amide bonds. The Morgan fingerprint density at radius 1 is 1.45 bits per heavy atom. The molecule has 0 atom stereocenters. The monoisotopic (exact) mass is 296 g/mol. The summed E-state index contributed by atoms with van der Waals surface area (Å²) in [7, 11) is 1.38. The number of anilines is 1. The van der Waals surface area contributed by atoms with E-state index < -0.39 is 0 Å². The third-order valence-corrected chi connectivity index (χ3v) is 3.41. The molecule has 0 unspecified atom stereocenters. The molecule has 2 aromatic rings. The zero-order valence-electron chi connectivity index (χ0n) is 11.4. The molecule has 0 radical (unpaired) electrons. The van der Waals surface area contributed by atoms with Crippen molar-refractivity contribution in [3.05, 3.63) is 22.8 Å². The van der Waals surface area contributed by atoms with Gasteiger partial charge >= 0.3 is 5.97 Å². The molecule has 0 aromatic carbocycles. The third-order valence-electron chi connectivity index (χ3n) is 2.56. The Labute approximate surface area is 120 Å². The van der Waals surface area contributed by atoms with E-state index >= 15 is 0 Å². The molecule has 0 saturated heterocycles. The zero-order valence-corrected chi connectivity index (χ0v) is 12.2. The van der Waals surface area contributed by atoms with E-state index in [1.165, 1.54) is 18.4 Å². The van der Waals surface area contributed by atoms with Crippen LogP contribution in [0.5, 0.6) is 0 Å². The van der Waals surface area contributed by atoms with Crippen molar-refractivity contribution >= 4 is 22.4 Å². The molecule has 0 saturated carbocycles. The first-order valence-electron chi connectivity index (χ1n) is 6.21. The van der Waals surface area contributed by atoms with E-state index in [1.54, 1.807) is 6.92 Å². The second-order valence-corrected chi connectivity index (χ2v) is 4.98. The summed E-state index contributed by atoms with van der Waals surface area (Å²) in [4.78, 5) is 19.5. The average molecular weight is 296 g/mol. The number of hydrogen-bond donors (Lipinski definition) is 1. The van der Waals surface area contributed by atoms with E-state index in [2.05, 4.69) is 25.2 Å². The van der Waals surface area contributed by atoms with E-state index in [-0.39, 0.29) is 5.97 Å². The number of carbonyl (C=O) groups is 1. The van der Waals surface area contributed by atoms with Gasteiger partial charge in [-0.25, -0.2) is 4.98 Å². The molecule has 0 fully saturated rings. The maximum atomic E-state index is 11.0. The summed E-state index contributed by atoms with van der Waals surface area (Å²) in [5, 5.41) is 9.77. The lowest BCUT2D eigenvalue weighted by Gasteiger charge is -1.99. The fourth-order valence-corrected chi connectivity index (χ4v) is 2.33. The van der Waals surface area contributed by atoms with E-state index in [0.717, 1.165) is 10.8 Å². The maximum Gasteiger partial charge on any atom is 0.305 e. The highest BCUT2D eigenvalue weighted by atomic mass is 32.1. The first-order chi connectivity index (χ1) is 9.67. The molecule has 2 rings (SSSR count). The molecule has 1 N–H and O–H groups in total. The Morgan fingerprint density at radius 2 is 2.30 bits per heavy atom. The molecule has 108 valence electrons. The Kier molecular flexibility index (Phi) is 5.05. The number of rotatable bonds is 7. The zero-order chi connectivity index (χ0) is 14.4. The smallest absolute Gasteiger partial charge is 0.305 e. The predicted molar refractivity (Wildman–Crippen MR) is 73.7 cm³/mol. The lowest BCUT2D eigenvalue weighted by Crippen LogP contribution is -2.06. The number of ether oxygens (including phenoxy) is 1. The molecule has 2 aromatic heterocycles. The van der Waals surface area contributed by atoms with Gasteiger partial charge in [0, 0.05) is 31.7 Å². The Morgan fingerprint density at radius 3 is 3.00 bits per heavy atom. The van der Waals surface area contributed by atoms with Gasteiger partial charge < -0.3 is 14.6 Å². The minimum absolute atomic E-state index is 0.222. The highest BCUT2D eigenvalue weighted by Gasteiger charge is 2.06. The van der Waals surface area contributed by atoms with E-state index in [4.69, 9.17) is 4.52 Å². The van der Waals surface area contributed by atoms with Gasteiger partial charge in [0.15, 0.2) is 11.0 Å². The summed E-state index contributed by atoms with van der Waals surface area (Å²) in [6.45, 7) is 2.45. The van der Waals surface area contributed by atoms with Crippen molar-refractivity contribution in [2.45, 2.75) is 26.2 Å². The van der Waals surface area contributed by atoms with Crippen LogP contribution in [-0.4, -0.2) is 34.7 Å². The lowest BCUT2D eigenvalue weighted by atomic mass is 10.2. The number of carbonyl (C=O) groups excluding carboxylic acids is 1. The van der Waals surface area contributed by atoms with Crippen LogP contribution in [0.1, 0.15) is 23.8 Å². The number of aromatic nitrogens is 3. The van der Waals surface area contributed by atoms with Crippen molar-refractivity contribution in [1.82, 2.24) is 15.1 Å². The number of hydrogen-bond acceptors (Lipinski definition) is 8. The minimum atomic E-state index is -0.222. The Hall–Kier alpha value is -1.96. The fourth-order valence-electron chi connectivity index (χ4n) is 1.56. The van der Waals surface area contributed by atoms with Crippen LogP contribution in [0.15, 0.2) is 9.90 Å². The van der Waals surface area contributed by atoms with Gasteiger partial charge in [-0.05, 0) is 0 Å². The van der Waals surface area contributed by atoms with Crippen LogP contribution in [0.25, 0.3) is 0 Å². The van der Waals surface area contributed by atoms with Gasteiger partial charge in [0.25, 0.3) is 0 Å². The van der Waals surface area contributed by atoms with Crippen molar-refractivity contribution in [2.24, 2.45) is 0 Å². The second-order valence-electron chi connectivity index (χ2n) is 4.13. The quantitative estimate of drug-likeness (QED) is 0.776. The first kappa shape index (κ1) is 14.4. The van der Waals surface area contributed by atoms with Crippen LogP contribution >= 0.6 is 11.3 Å². The molecule has 2 heterocycles. The Bertz CT molecular complexity index is 567. The molecule has 0 aliphatic rings. The molecular weight excluding hydrogens is 280 g/mol. The Balaban J connectivity index is 1.73. The summed E-state index contributed by atoms with van der Waals surface area (Å²) in [6, 6.07) is 0. The van der Waals surface area contributed by atoms with Crippen LogP contribution in [0.4, 0.5) is 5.13 Å². The van der Waals surface area contributed by atoms with Gasteiger partial charge in [-0.2, -0.15) is 4.98 Å². The standard InChI is InChI=1S/C12H16N4O3S/c1-8-14-10(16-19-8)5-6-13-12-15-9(7-20-12)3-4-11(17)18-2/h7H,3-6H2,1-2H3,(H,13,15). The maximum absolute atomic E-state index is 11.0. The SMILES string of the molecule is COC(=O)CCc1csc(NCCc2noc(C)n2)n1. The van der Waals surface area contributed by atoms with Gasteiger partial charge in [-0.1, -0.05) is 5.16 Å². The third kappa shape index (κ3) is 4.30. The van der Waals surface area contributed by atoms with E-state index in [1.807, 2.05) is 5.38 Å². The molecule has 20 heavy (non-hydrogen) atoms. The number of nitrogens with one attached hydrogen (secondary N) is 1. The number of thiazole rings is 1. The minimum Gasteiger partial charge on any atom is -0.469 e. The fraction of sp³-hybridized carbons (Fsp3) is 0.500. The van der Waals surface area contributed by atoms with Crippen LogP contribution in [0.3, 0.4) is 0 Å². The first-order valence-corrected chi connectivity index (χ1v) is 7.09. The van der Waals surface area contributed by atoms with Crippen molar-refractivity contribution in [3.8, 4) is 0 Å². The number of methoxy groups -OCH3 is 1. The van der Waals surface area contributed by atoms with Gasteiger partial charge in [0.1, 0.15) is 0 Å². The summed E-state index contributed by atoms with van der Waals surface area (Å²) in [5.74, 6) is 1.02. The van der Waals surface area contributed by atoms with Crippen molar-refractivity contribution in [2.75, 3.05) is 19.0 Å². The number of esters is 1. The average Bonchev–Trinajstić information content (AvgIpc) is 3.05.